The highest BCUT2D eigenvalue weighted by molar-refractivity contribution is 6.18. The first-order chi connectivity index (χ1) is 8.54. The van der Waals surface area contributed by atoms with E-state index >= 15 is 0 Å². The lowest BCUT2D eigenvalue weighted by Gasteiger charge is -2.16. The van der Waals surface area contributed by atoms with Crippen molar-refractivity contribution in [2.75, 3.05) is 24.3 Å². The zero-order valence-electron chi connectivity index (χ0n) is 10.6. The van der Waals surface area contributed by atoms with Crippen LogP contribution in [0.25, 0.3) is 0 Å². The number of ether oxygens (including phenoxy) is 1. The zero-order chi connectivity index (χ0) is 13.5. The summed E-state index contributed by atoms with van der Waals surface area (Å²) in [5.74, 6) is 0.213. The largest absolute Gasteiger partial charge is 0.488 e. The smallest absolute Gasteiger partial charge is 0.177 e. The quantitative estimate of drug-likeness (QED) is 0.752. The van der Waals surface area contributed by atoms with E-state index in [1.54, 1.807) is 12.1 Å². The van der Waals surface area contributed by atoms with Crippen molar-refractivity contribution in [1.29, 1.82) is 0 Å². The van der Waals surface area contributed by atoms with Crippen molar-refractivity contribution in [2.24, 2.45) is 5.92 Å². The third-order valence-corrected chi connectivity index (χ3v) is 2.59. The molecule has 0 aromatic heterocycles. The van der Waals surface area contributed by atoms with E-state index in [0.29, 0.717) is 18.2 Å². The predicted molar refractivity (Wildman–Crippen MR) is 71.9 cm³/mol. The summed E-state index contributed by atoms with van der Waals surface area (Å²) in [4.78, 5) is 0. The van der Waals surface area contributed by atoms with Gasteiger partial charge < -0.3 is 15.2 Å². The minimum absolute atomic E-state index is 0.129. The molecule has 0 radical (unpaired) electrons. The molecule has 1 unspecified atom stereocenters. The van der Waals surface area contributed by atoms with E-state index in [0.717, 1.165) is 0 Å². The first kappa shape index (κ1) is 15.1. The lowest BCUT2D eigenvalue weighted by Crippen LogP contribution is -2.21. The van der Waals surface area contributed by atoms with Crippen LogP contribution in [0.15, 0.2) is 18.2 Å². The van der Waals surface area contributed by atoms with E-state index in [2.05, 4.69) is 5.32 Å². The average molecular weight is 276 g/mol. The molecule has 18 heavy (non-hydrogen) atoms. The van der Waals surface area contributed by atoms with E-state index in [4.69, 9.17) is 16.3 Å². The van der Waals surface area contributed by atoms with Gasteiger partial charge in [-0.25, -0.2) is 4.39 Å². The normalized spacial score (nSPS) is 12.6. The molecule has 5 heteroatoms. The van der Waals surface area contributed by atoms with Gasteiger partial charge in [-0.2, -0.15) is 0 Å². The fraction of sp³-hybridized carbons (Fsp3) is 0.538. The highest BCUT2D eigenvalue weighted by atomic mass is 35.5. The summed E-state index contributed by atoms with van der Waals surface area (Å²) in [5.41, 5.74) is 0.528. The van der Waals surface area contributed by atoms with E-state index in [1.165, 1.54) is 6.07 Å². The molecule has 102 valence electrons. The molecule has 0 aliphatic carbocycles. The van der Waals surface area contributed by atoms with Crippen molar-refractivity contribution >= 4 is 17.3 Å². The Hall–Kier alpha value is -1.00. The maximum absolute atomic E-state index is 13.7. The number of aliphatic hydroxyl groups excluding tert-OH is 1. The number of nitrogens with one attached hydrogen (secondary N) is 1. The maximum atomic E-state index is 13.7. The number of aliphatic hydroxyl groups is 1. The average Bonchev–Trinajstić information content (AvgIpc) is 2.34. The molecule has 0 aliphatic rings. The number of rotatable bonds is 7. The predicted octanol–water partition coefficient (Wildman–Crippen LogP) is 2.87. The minimum atomic E-state index is -0.673. The van der Waals surface area contributed by atoms with Crippen LogP contribution in [0.3, 0.4) is 0 Å². The number of halogens is 2. The van der Waals surface area contributed by atoms with E-state index < -0.39 is 11.9 Å². The zero-order valence-corrected chi connectivity index (χ0v) is 11.4. The highest BCUT2D eigenvalue weighted by Gasteiger charge is 2.11. The summed E-state index contributed by atoms with van der Waals surface area (Å²) >= 11 is 5.50. The second kappa shape index (κ2) is 7.44. The molecule has 1 rings (SSSR count). The van der Waals surface area contributed by atoms with Gasteiger partial charge in [0.1, 0.15) is 0 Å². The van der Waals surface area contributed by atoms with Crippen molar-refractivity contribution in [1.82, 2.24) is 0 Å². The third kappa shape index (κ3) is 4.70. The van der Waals surface area contributed by atoms with Gasteiger partial charge >= 0.3 is 0 Å². The first-order valence-corrected chi connectivity index (χ1v) is 6.47. The number of hydrogen-bond acceptors (Lipinski definition) is 3. The molecule has 3 nitrogen and oxygen atoms in total. The number of para-hydroxylation sites is 1. The molecule has 1 aromatic rings. The summed E-state index contributed by atoms with van der Waals surface area (Å²) in [6, 6.07) is 4.64. The maximum Gasteiger partial charge on any atom is 0.177 e. The minimum Gasteiger partial charge on any atom is -0.488 e. The summed E-state index contributed by atoms with van der Waals surface area (Å²) in [5, 5.41) is 12.3. The molecule has 0 fully saturated rings. The van der Waals surface area contributed by atoms with Crippen molar-refractivity contribution < 1.29 is 14.2 Å². The van der Waals surface area contributed by atoms with E-state index in [1.807, 2.05) is 13.8 Å². The van der Waals surface area contributed by atoms with Gasteiger partial charge in [0.25, 0.3) is 0 Å². The Balaban J connectivity index is 2.73. The van der Waals surface area contributed by atoms with Crippen LogP contribution in [0.4, 0.5) is 10.1 Å². The van der Waals surface area contributed by atoms with Crippen LogP contribution in [-0.2, 0) is 0 Å². The standard InChI is InChI=1S/C13H19ClFNO2/c1-9(2)8-18-13-11(15)4-3-5-12(13)16-7-10(17)6-14/h3-5,9-10,16-17H,6-8H2,1-2H3. The molecule has 0 bridgehead atoms. The Morgan fingerprint density at radius 3 is 2.78 bits per heavy atom. The van der Waals surface area contributed by atoms with Crippen molar-refractivity contribution in [3.63, 3.8) is 0 Å². The molecule has 0 heterocycles. The van der Waals surface area contributed by atoms with E-state index in [9.17, 15) is 9.50 Å². The number of benzene rings is 1. The van der Waals surface area contributed by atoms with Crippen LogP contribution in [0.2, 0.25) is 0 Å². The fourth-order valence-corrected chi connectivity index (χ4v) is 1.44. The summed E-state index contributed by atoms with van der Waals surface area (Å²) in [6.45, 7) is 4.68. The van der Waals surface area contributed by atoms with Gasteiger partial charge in [0.15, 0.2) is 11.6 Å². The van der Waals surface area contributed by atoms with Gasteiger partial charge in [-0.1, -0.05) is 19.9 Å². The Kier molecular flexibility index (Phi) is 6.22. The van der Waals surface area contributed by atoms with Gasteiger partial charge in [-0.15, -0.1) is 11.6 Å². The highest BCUT2D eigenvalue weighted by Crippen LogP contribution is 2.28. The van der Waals surface area contributed by atoms with Gasteiger partial charge in [0, 0.05) is 6.54 Å². The lowest BCUT2D eigenvalue weighted by atomic mass is 10.2. The Labute approximate surface area is 112 Å². The number of anilines is 1. The molecule has 1 atom stereocenters. The van der Waals surface area contributed by atoms with Crippen LogP contribution in [-0.4, -0.2) is 30.2 Å². The summed E-state index contributed by atoms with van der Waals surface area (Å²) in [7, 11) is 0. The molecule has 0 saturated heterocycles. The monoisotopic (exact) mass is 275 g/mol. The molecule has 0 aliphatic heterocycles. The SMILES string of the molecule is CC(C)COc1c(F)cccc1NCC(O)CCl. The second-order valence-electron chi connectivity index (χ2n) is 4.51. The first-order valence-electron chi connectivity index (χ1n) is 5.93. The Bertz CT molecular complexity index is 374. The second-order valence-corrected chi connectivity index (χ2v) is 4.82. The van der Waals surface area contributed by atoms with Gasteiger partial charge in [-0.3, -0.25) is 0 Å². The van der Waals surface area contributed by atoms with Crippen molar-refractivity contribution in [3.05, 3.63) is 24.0 Å². The molecule has 0 spiro atoms. The fourth-order valence-electron chi connectivity index (χ4n) is 1.33. The lowest BCUT2D eigenvalue weighted by molar-refractivity contribution is 0.211. The Morgan fingerprint density at radius 2 is 2.17 bits per heavy atom. The molecular weight excluding hydrogens is 257 g/mol. The van der Waals surface area contributed by atoms with Crippen LogP contribution in [0.1, 0.15) is 13.8 Å². The summed E-state index contributed by atoms with van der Waals surface area (Å²) in [6.07, 6.45) is -0.673. The topological polar surface area (TPSA) is 41.5 Å². The molecule has 0 saturated carbocycles. The Morgan fingerprint density at radius 1 is 1.44 bits per heavy atom. The van der Waals surface area contributed by atoms with Crippen LogP contribution in [0.5, 0.6) is 5.75 Å². The van der Waals surface area contributed by atoms with Crippen LogP contribution in [0, 0.1) is 11.7 Å². The molecule has 2 N–H and O–H groups in total. The van der Waals surface area contributed by atoms with Gasteiger partial charge in [0.2, 0.25) is 0 Å². The third-order valence-electron chi connectivity index (χ3n) is 2.23. The van der Waals surface area contributed by atoms with Crippen LogP contribution >= 0.6 is 11.6 Å². The summed E-state index contributed by atoms with van der Waals surface area (Å²) < 4.78 is 19.1. The van der Waals surface area contributed by atoms with Gasteiger partial charge in [0.05, 0.1) is 24.3 Å². The van der Waals surface area contributed by atoms with Crippen LogP contribution < -0.4 is 10.1 Å². The van der Waals surface area contributed by atoms with Gasteiger partial charge in [-0.05, 0) is 18.1 Å². The molecular formula is C13H19ClFNO2. The van der Waals surface area contributed by atoms with Crippen molar-refractivity contribution in [2.45, 2.75) is 20.0 Å². The molecule has 1 aromatic carbocycles. The van der Waals surface area contributed by atoms with E-state index in [-0.39, 0.29) is 18.2 Å². The van der Waals surface area contributed by atoms with Crippen molar-refractivity contribution in [3.8, 4) is 5.75 Å². The number of alkyl halides is 1. The number of hydrogen-bond donors (Lipinski definition) is 2. The molecule has 0 amide bonds.